The van der Waals surface area contributed by atoms with Crippen LogP contribution in [0.3, 0.4) is 0 Å². The average molecular weight is 258 g/mol. The zero-order valence-corrected chi connectivity index (χ0v) is 12.0. The number of aromatic nitrogens is 2. The molecule has 0 aliphatic carbocycles. The highest BCUT2D eigenvalue weighted by Gasteiger charge is 2.09. The molecule has 0 N–H and O–H groups in total. The summed E-state index contributed by atoms with van der Waals surface area (Å²) in [4.78, 5) is 2.50. The first-order chi connectivity index (χ1) is 8.17. The molecule has 0 atom stereocenters. The van der Waals surface area contributed by atoms with Crippen LogP contribution in [0.1, 0.15) is 45.2 Å². The van der Waals surface area contributed by atoms with Crippen LogP contribution >= 0.6 is 11.6 Å². The molecule has 0 fully saturated rings. The highest BCUT2D eigenvalue weighted by atomic mass is 35.5. The minimum Gasteiger partial charge on any atom is -0.298 e. The number of hydrogen-bond donors (Lipinski definition) is 0. The van der Waals surface area contributed by atoms with Crippen LogP contribution < -0.4 is 0 Å². The van der Waals surface area contributed by atoms with Crippen LogP contribution in [0.15, 0.2) is 6.07 Å². The maximum atomic E-state index is 5.91. The number of halogens is 1. The molecule has 0 unspecified atom stereocenters. The van der Waals surface area contributed by atoms with Gasteiger partial charge < -0.3 is 0 Å². The zero-order chi connectivity index (χ0) is 12.7. The van der Waals surface area contributed by atoms with E-state index in [9.17, 15) is 0 Å². The van der Waals surface area contributed by atoms with Gasteiger partial charge in [-0.15, -0.1) is 0 Å². The number of unbranched alkanes of at least 4 members (excludes halogenated alkanes) is 2. The molecule has 0 aliphatic rings. The summed E-state index contributed by atoms with van der Waals surface area (Å²) in [6, 6.07) is 1.96. The van der Waals surface area contributed by atoms with Crippen molar-refractivity contribution in [2.45, 2.75) is 46.1 Å². The fourth-order valence-electron chi connectivity index (χ4n) is 1.88. The van der Waals surface area contributed by atoms with Gasteiger partial charge in [0, 0.05) is 13.6 Å². The summed E-state index contributed by atoms with van der Waals surface area (Å²) < 4.78 is 1.88. The summed E-state index contributed by atoms with van der Waals surface area (Å²) in [6.45, 7) is 7.76. The molecule has 0 saturated heterocycles. The third kappa shape index (κ3) is 5.09. The van der Waals surface area contributed by atoms with Gasteiger partial charge in [-0.1, -0.05) is 38.3 Å². The molecule has 0 amide bonds. The topological polar surface area (TPSA) is 21.1 Å². The van der Waals surface area contributed by atoms with Gasteiger partial charge in [0.05, 0.1) is 5.69 Å². The predicted molar refractivity (Wildman–Crippen MR) is 73.3 cm³/mol. The Hall–Kier alpha value is -0.540. The second-order valence-corrected chi connectivity index (χ2v) is 4.95. The molecule has 0 aliphatic heterocycles. The molecule has 0 aromatic carbocycles. The van der Waals surface area contributed by atoms with E-state index >= 15 is 0 Å². The lowest BCUT2D eigenvalue weighted by atomic mass is 10.2. The zero-order valence-electron chi connectivity index (χ0n) is 11.2. The molecule has 1 heterocycles. The summed E-state index contributed by atoms with van der Waals surface area (Å²) in [6.07, 6.45) is 5.01. The van der Waals surface area contributed by atoms with Crippen molar-refractivity contribution in [2.75, 3.05) is 13.1 Å². The summed E-state index contributed by atoms with van der Waals surface area (Å²) in [5, 5.41) is 4.77. The molecule has 17 heavy (non-hydrogen) atoms. The number of rotatable bonds is 8. The van der Waals surface area contributed by atoms with E-state index in [1.807, 2.05) is 17.8 Å². The first-order valence-electron chi connectivity index (χ1n) is 6.58. The van der Waals surface area contributed by atoms with Crippen LogP contribution in [0.2, 0.25) is 5.15 Å². The fraction of sp³-hybridized carbons (Fsp3) is 0.769. The molecule has 1 rings (SSSR count). The van der Waals surface area contributed by atoms with Crippen LogP contribution in [0.5, 0.6) is 0 Å². The van der Waals surface area contributed by atoms with Crippen molar-refractivity contribution in [2.24, 2.45) is 7.05 Å². The van der Waals surface area contributed by atoms with Crippen molar-refractivity contribution in [3.05, 3.63) is 16.9 Å². The van der Waals surface area contributed by atoms with E-state index in [1.165, 1.54) is 44.5 Å². The third-order valence-corrected chi connectivity index (χ3v) is 3.17. The van der Waals surface area contributed by atoms with Gasteiger partial charge in [-0.05, 0) is 32.0 Å². The highest BCUT2D eigenvalue weighted by Crippen LogP contribution is 2.12. The SMILES string of the molecule is CCCCN(CCCC)Cc1cc(Cl)nn1C. The predicted octanol–water partition coefficient (Wildman–Crippen LogP) is 3.48. The van der Waals surface area contributed by atoms with Crippen LogP contribution in [-0.4, -0.2) is 27.8 Å². The van der Waals surface area contributed by atoms with Gasteiger partial charge >= 0.3 is 0 Å². The smallest absolute Gasteiger partial charge is 0.151 e. The monoisotopic (exact) mass is 257 g/mol. The van der Waals surface area contributed by atoms with E-state index in [-0.39, 0.29) is 0 Å². The van der Waals surface area contributed by atoms with Gasteiger partial charge in [0.25, 0.3) is 0 Å². The maximum Gasteiger partial charge on any atom is 0.151 e. The number of hydrogen-bond acceptors (Lipinski definition) is 2. The molecule has 0 spiro atoms. The van der Waals surface area contributed by atoms with Crippen LogP contribution in [0.4, 0.5) is 0 Å². The summed E-state index contributed by atoms with van der Waals surface area (Å²) in [5.41, 5.74) is 1.20. The summed E-state index contributed by atoms with van der Waals surface area (Å²) >= 11 is 5.91. The lowest BCUT2D eigenvalue weighted by molar-refractivity contribution is 0.250. The molecule has 0 radical (unpaired) electrons. The molecule has 0 bridgehead atoms. The Morgan fingerprint density at radius 1 is 1.24 bits per heavy atom. The molecular weight excluding hydrogens is 234 g/mol. The Labute approximate surface area is 110 Å². The van der Waals surface area contributed by atoms with E-state index in [2.05, 4.69) is 23.8 Å². The van der Waals surface area contributed by atoms with E-state index in [0.717, 1.165) is 6.54 Å². The first-order valence-corrected chi connectivity index (χ1v) is 6.96. The van der Waals surface area contributed by atoms with Crippen LogP contribution in [-0.2, 0) is 13.6 Å². The van der Waals surface area contributed by atoms with E-state index < -0.39 is 0 Å². The van der Waals surface area contributed by atoms with Crippen molar-refractivity contribution in [3.63, 3.8) is 0 Å². The second-order valence-electron chi connectivity index (χ2n) is 4.57. The largest absolute Gasteiger partial charge is 0.298 e. The highest BCUT2D eigenvalue weighted by molar-refractivity contribution is 6.29. The van der Waals surface area contributed by atoms with Crippen molar-refractivity contribution in [3.8, 4) is 0 Å². The Morgan fingerprint density at radius 3 is 2.24 bits per heavy atom. The minimum atomic E-state index is 0.591. The normalized spacial score (nSPS) is 11.4. The second kappa shape index (κ2) is 7.72. The van der Waals surface area contributed by atoms with Crippen molar-refractivity contribution >= 4 is 11.6 Å². The first kappa shape index (κ1) is 14.5. The van der Waals surface area contributed by atoms with Gasteiger partial charge in [0.15, 0.2) is 5.15 Å². The molecule has 4 heteroatoms. The lowest BCUT2D eigenvalue weighted by Crippen LogP contribution is -2.26. The van der Waals surface area contributed by atoms with Gasteiger partial charge in [-0.3, -0.25) is 9.58 Å². The molecule has 0 saturated carbocycles. The van der Waals surface area contributed by atoms with Crippen molar-refractivity contribution in [1.29, 1.82) is 0 Å². The van der Waals surface area contributed by atoms with E-state index in [0.29, 0.717) is 5.15 Å². The molecule has 98 valence electrons. The maximum absolute atomic E-state index is 5.91. The quantitative estimate of drug-likeness (QED) is 0.711. The molecule has 1 aromatic heterocycles. The Bertz CT molecular complexity index is 314. The minimum absolute atomic E-state index is 0.591. The summed E-state index contributed by atoms with van der Waals surface area (Å²) in [7, 11) is 1.96. The van der Waals surface area contributed by atoms with E-state index in [1.54, 1.807) is 0 Å². The fourth-order valence-corrected chi connectivity index (χ4v) is 2.12. The number of nitrogens with zero attached hydrogens (tertiary/aromatic N) is 3. The van der Waals surface area contributed by atoms with Crippen LogP contribution in [0, 0.1) is 0 Å². The van der Waals surface area contributed by atoms with Gasteiger partial charge in [-0.2, -0.15) is 5.10 Å². The van der Waals surface area contributed by atoms with Gasteiger partial charge in [0.2, 0.25) is 0 Å². The average Bonchev–Trinajstić information content (AvgIpc) is 2.61. The summed E-state index contributed by atoms with van der Waals surface area (Å²) in [5.74, 6) is 0. The third-order valence-electron chi connectivity index (χ3n) is 2.99. The number of aryl methyl sites for hydroxylation is 1. The van der Waals surface area contributed by atoms with Crippen molar-refractivity contribution in [1.82, 2.24) is 14.7 Å². The molecular formula is C13H24ClN3. The Morgan fingerprint density at radius 2 is 1.82 bits per heavy atom. The molecule has 3 nitrogen and oxygen atoms in total. The Kier molecular flexibility index (Phi) is 6.60. The molecule has 1 aromatic rings. The standard InChI is InChI=1S/C13H24ClN3/c1-4-6-8-17(9-7-5-2)11-12-10-13(14)15-16(12)3/h10H,4-9,11H2,1-3H3. The lowest BCUT2D eigenvalue weighted by Gasteiger charge is -2.21. The Balaban J connectivity index is 2.54. The van der Waals surface area contributed by atoms with Crippen molar-refractivity contribution < 1.29 is 0 Å². The van der Waals surface area contributed by atoms with Gasteiger partial charge in [-0.25, -0.2) is 0 Å². The van der Waals surface area contributed by atoms with E-state index in [4.69, 9.17) is 11.6 Å². The van der Waals surface area contributed by atoms with Crippen LogP contribution in [0.25, 0.3) is 0 Å². The van der Waals surface area contributed by atoms with Gasteiger partial charge in [0.1, 0.15) is 0 Å².